The largest absolute Gasteiger partial charge is 0.478 e. The minimum Gasteiger partial charge on any atom is -0.478 e. The minimum absolute atomic E-state index is 0.268. The van der Waals surface area contributed by atoms with Crippen LogP contribution in [0.25, 0.3) is 0 Å². The van der Waals surface area contributed by atoms with Crippen molar-refractivity contribution in [2.24, 2.45) is 0 Å². The van der Waals surface area contributed by atoms with E-state index in [2.05, 4.69) is 0 Å². The Morgan fingerprint density at radius 1 is 1.25 bits per heavy atom. The Morgan fingerprint density at radius 3 is 2.55 bits per heavy atom. The summed E-state index contributed by atoms with van der Waals surface area (Å²) in [6, 6.07) is 14.4. The molecule has 0 aliphatic carbocycles. The Labute approximate surface area is 122 Å². The van der Waals surface area contributed by atoms with Gasteiger partial charge >= 0.3 is 5.97 Å². The first-order valence-corrected chi connectivity index (χ1v) is 6.63. The van der Waals surface area contributed by atoms with E-state index in [9.17, 15) is 9.90 Å². The van der Waals surface area contributed by atoms with Gasteiger partial charge in [0.25, 0.3) is 0 Å². The second kappa shape index (κ2) is 6.44. The van der Waals surface area contributed by atoms with Crippen LogP contribution in [0, 0.1) is 6.92 Å². The first kappa shape index (κ1) is 14.4. The van der Waals surface area contributed by atoms with Crippen molar-refractivity contribution in [1.82, 2.24) is 0 Å². The van der Waals surface area contributed by atoms with Gasteiger partial charge in [-0.1, -0.05) is 41.4 Å². The summed E-state index contributed by atoms with van der Waals surface area (Å²) in [6.45, 7) is 1.96. The number of ether oxygens (including phenoxy) is 1. The van der Waals surface area contributed by atoms with E-state index in [1.165, 1.54) is 0 Å². The number of carbonyl (C=O) groups is 1. The third kappa shape index (κ3) is 4.00. The molecular formula is C16H15ClO3. The highest BCUT2D eigenvalue weighted by Crippen LogP contribution is 2.17. The number of halogens is 1. The van der Waals surface area contributed by atoms with E-state index in [-0.39, 0.29) is 6.42 Å². The van der Waals surface area contributed by atoms with Gasteiger partial charge in [0, 0.05) is 11.4 Å². The molecule has 104 valence electrons. The van der Waals surface area contributed by atoms with E-state index in [1.54, 1.807) is 30.3 Å². The van der Waals surface area contributed by atoms with Crippen molar-refractivity contribution in [3.8, 4) is 5.75 Å². The summed E-state index contributed by atoms with van der Waals surface area (Å²) < 4.78 is 5.53. The van der Waals surface area contributed by atoms with E-state index in [0.717, 1.165) is 11.1 Å². The lowest BCUT2D eigenvalue weighted by Crippen LogP contribution is -2.29. The third-order valence-electron chi connectivity index (χ3n) is 2.88. The molecule has 0 amide bonds. The van der Waals surface area contributed by atoms with Gasteiger partial charge in [0.05, 0.1) is 0 Å². The lowest BCUT2D eigenvalue weighted by molar-refractivity contribution is -0.145. The second-order valence-corrected chi connectivity index (χ2v) is 5.03. The SMILES string of the molecule is Cc1ccc(O[C@H](Cc2cccc(Cl)c2)C(=O)O)cc1. The van der Waals surface area contributed by atoms with Crippen LogP contribution < -0.4 is 4.74 Å². The van der Waals surface area contributed by atoms with E-state index in [4.69, 9.17) is 16.3 Å². The molecule has 2 aromatic rings. The smallest absolute Gasteiger partial charge is 0.345 e. The van der Waals surface area contributed by atoms with E-state index < -0.39 is 12.1 Å². The molecule has 1 N–H and O–H groups in total. The van der Waals surface area contributed by atoms with Crippen LogP contribution >= 0.6 is 11.6 Å². The zero-order valence-corrected chi connectivity index (χ0v) is 11.8. The highest BCUT2D eigenvalue weighted by molar-refractivity contribution is 6.30. The molecular weight excluding hydrogens is 276 g/mol. The molecule has 4 heteroatoms. The number of carboxylic acid groups (broad SMARTS) is 1. The minimum atomic E-state index is -0.995. The van der Waals surface area contributed by atoms with Crippen LogP contribution in [0.4, 0.5) is 0 Å². The van der Waals surface area contributed by atoms with Gasteiger partial charge in [-0.2, -0.15) is 0 Å². The van der Waals surface area contributed by atoms with Crippen molar-refractivity contribution in [1.29, 1.82) is 0 Å². The quantitative estimate of drug-likeness (QED) is 0.913. The summed E-state index contributed by atoms with van der Waals surface area (Å²) in [5, 5.41) is 9.85. The first-order valence-electron chi connectivity index (χ1n) is 6.25. The van der Waals surface area contributed by atoms with Crippen molar-refractivity contribution in [2.45, 2.75) is 19.4 Å². The fraction of sp³-hybridized carbons (Fsp3) is 0.188. The molecule has 2 rings (SSSR count). The zero-order valence-electron chi connectivity index (χ0n) is 11.0. The molecule has 0 heterocycles. The van der Waals surface area contributed by atoms with Crippen molar-refractivity contribution in [3.63, 3.8) is 0 Å². The zero-order chi connectivity index (χ0) is 14.5. The molecule has 0 aromatic heterocycles. The number of aliphatic carboxylic acids is 1. The highest BCUT2D eigenvalue weighted by atomic mass is 35.5. The fourth-order valence-electron chi connectivity index (χ4n) is 1.84. The van der Waals surface area contributed by atoms with Crippen molar-refractivity contribution in [2.75, 3.05) is 0 Å². The highest BCUT2D eigenvalue weighted by Gasteiger charge is 2.20. The lowest BCUT2D eigenvalue weighted by atomic mass is 10.1. The first-order chi connectivity index (χ1) is 9.54. The van der Waals surface area contributed by atoms with Crippen molar-refractivity contribution < 1.29 is 14.6 Å². The van der Waals surface area contributed by atoms with Crippen molar-refractivity contribution in [3.05, 3.63) is 64.7 Å². The summed E-state index contributed by atoms with van der Waals surface area (Å²) in [5.74, 6) is -0.449. The molecule has 0 saturated heterocycles. The molecule has 0 aliphatic rings. The van der Waals surface area contributed by atoms with E-state index >= 15 is 0 Å². The average Bonchev–Trinajstić information content (AvgIpc) is 2.40. The van der Waals surface area contributed by atoms with Crippen LogP contribution in [-0.4, -0.2) is 17.2 Å². The van der Waals surface area contributed by atoms with Crippen LogP contribution in [0.15, 0.2) is 48.5 Å². The Hall–Kier alpha value is -2.00. The molecule has 0 saturated carbocycles. The molecule has 0 aliphatic heterocycles. The number of rotatable bonds is 5. The van der Waals surface area contributed by atoms with Crippen LogP contribution in [0.3, 0.4) is 0 Å². The number of benzene rings is 2. The predicted molar refractivity (Wildman–Crippen MR) is 78.4 cm³/mol. The number of hydrogen-bond donors (Lipinski definition) is 1. The van der Waals surface area contributed by atoms with Crippen LogP contribution in [0.1, 0.15) is 11.1 Å². The standard InChI is InChI=1S/C16H15ClO3/c1-11-5-7-14(8-6-11)20-15(16(18)19)10-12-3-2-4-13(17)9-12/h2-9,15H,10H2,1H3,(H,18,19)/t15-/m1/s1. The monoisotopic (exact) mass is 290 g/mol. The van der Waals surface area contributed by atoms with Crippen LogP contribution in [-0.2, 0) is 11.2 Å². The Kier molecular flexibility index (Phi) is 4.64. The number of hydrogen-bond acceptors (Lipinski definition) is 2. The molecule has 2 aromatic carbocycles. The average molecular weight is 291 g/mol. The lowest BCUT2D eigenvalue weighted by Gasteiger charge is -2.15. The summed E-state index contributed by atoms with van der Waals surface area (Å²) in [7, 11) is 0. The number of carboxylic acids is 1. The molecule has 3 nitrogen and oxygen atoms in total. The maximum absolute atomic E-state index is 11.3. The normalized spacial score (nSPS) is 11.9. The predicted octanol–water partition coefficient (Wildman–Crippen LogP) is 3.72. The maximum Gasteiger partial charge on any atom is 0.345 e. The third-order valence-corrected chi connectivity index (χ3v) is 3.12. The second-order valence-electron chi connectivity index (χ2n) is 4.59. The molecule has 0 unspecified atom stereocenters. The van der Waals surface area contributed by atoms with Gasteiger partial charge in [-0.3, -0.25) is 0 Å². The van der Waals surface area contributed by atoms with Gasteiger partial charge in [-0.25, -0.2) is 4.79 Å². The molecule has 0 radical (unpaired) electrons. The molecule has 1 atom stereocenters. The van der Waals surface area contributed by atoms with Gasteiger partial charge in [0.1, 0.15) is 5.75 Å². The molecule has 0 spiro atoms. The van der Waals surface area contributed by atoms with E-state index in [0.29, 0.717) is 10.8 Å². The van der Waals surface area contributed by atoms with Gasteiger partial charge in [0.15, 0.2) is 6.10 Å². The van der Waals surface area contributed by atoms with Crippen LogP contribution in [0.5, 0.6) is 5.75 Å². The Balaban J connectivity index is 2.11. The van der Waals surface area contributed by atoms with Crippen LogP contribution in [0.2, 0.25) is 5.02 Å². The topological polar surface area (TPSA) is 46.5 Å². The summed E-state index contributed by atoms with van der Waals surface area (Å²) in [5.41, 5.74) is 1.93. The van der Waals surface area contributed by atoms with E-state index in [1.807, 2.05) is 25.1 Å². The number of aryl methyl sites for hydroxylation is 1. The van der Waals surface area contributed by atoms with Crippen molar-refractivity contribution >= 4 is 17.6 Å². The summed E-state index contributed by atoms with van der Waals surface area (Å²) in [6.07, 6.45) is -0.666. The fourth-order valence-corrected chi connectivity index (χ4v) is 2.05. The Morgan fingerprint density at radius 2 is 1.95 bits per heavy atom. The summed E-state index contributed by atoms with van der Waals surface area (Å²) >= 11 is 5.90. The van der Waals surface area contributed by atoms with Gasteiger partial charge in [0.2, 0.25) is 0 Å². The summed E-state index contributed by atoms with van der Waals surface area (Å²) in [4.78, 5) is 11.3. The molecule has 0 fully saturated rings. The Bertz CT molecular complexity index is 593. The van der Waals surface area contributed by atoms with Gasteiger partial charge in [-0.05, 0) is 36.8 Å². The molecule has 20 heavy (non-hydrogen) atoms. The van der Waals surface area contributed by atoms with Gasteiger partial charge < -0.3 is 9.84 Å². The van der Waals surface area contributed by atoms with Gasteiger partial charge in [-0.15, -0.1) is 0 Å². The molecule has 0 bridgehead atoms. The maximum atomic E-state index is 11.3.